The minimum Gasteiger partial charge on any atom is -0.490 e. The number of nitrogens with zero attached hydrogens (tertiary/aromatic N) is 4. The first-order valence-corrected chi connectivity index (χ1v) is 10.6. The second-order valence-corrected chi connectivity index (χ2v) is 8.10. The standard InChI is InChI=1S/C19H21F3N4O3S/c1-25-17(19(20,21)22)23-24-18(25)30-11-16(27)26-7-2-4-13(26)12-5-6-14-15(10-12)29-9-3-8-28-14/h5-6,10,13H,2-4,7-9,11H2,1H3/t13-/m0/s1. The van der Waals surface area contributed by atoms with Gasteiger partial charge in [-0.25, -0.2) is 0 Å². The molecule has 30 heavy (non-hydrogen) atoms. The molecule has 0 unspecified atom stereocenters. The Hall–Kier alpha value is -2.43. The number of fused-ring (bicyclic) bond motifs is 1. The number of benzene rings is 1. The van der Waals surface area contributed by atoms with Gasteiger partial charge in [-0.15, -0.1) is 10.2 Å². The number of carbonyl (C=O) groups is 1. The number of ether oxygens (including phenoxy) is 2. The first-order chi connectivity index (χ1) is 14.3. The van der Waals surface area contributed by atoms with Crippen LogP contribution >= 0.6 is 11.8 Å². The summed E-state index contributed by atoms with van der Waals surface area (Å²) in [6, 6.07) is 5.63. The minimum absolute atomic E-state index is 0.00905. The number of alkyl halides is 3. The third kappa shape index (κ3) is 4.21. The van der Waals surface area contributed by atoms with E-state index in [1.807, 2.05) is 18.2 Å². The molecule has 3 heterocycles. The number of halogens is 3. The van der Waals surface area contributed by atoms with Crippen LogP contribution in [-0.2, 0) is 18.0 Å². The third-order valence-electron chi connectivity index (χ3n) is 5.14. The number of hydrogen-bond acceptors (Lipinski definition) is 6. The number of amides is 1. The lowest BCUT2D eigenvalue weighted by molar-refractivity contribution is -0.147. The normalized spacial score (nSPS) is 19.1. The van der Waals surface area contributed by atoms with E-state index in [2.05, 4.69) is 10.2 Å². The average molecular weight is 442 g/mol. The van der Waals surface area contributed by atoms with Crippen molar-refractivity contribution >= 4 is 17.7 Å². The predicted octanol–water partition coefficient (Wildman–Crippen LogP) is 3.45. The Morgan fingerprint density at radius 2 is 1.97 bits per heavy atom. The summed E-state index contributed by atoms with van der Waals surface area (Å²) in [7, 11) is 1.24. The fourth-order valence-corrected chi connectivity index (χ4v) is 4.49. The van der Waals surface area contributed by atoms with Crippen LogP contribution in [0.25, 0.3) is 0 Å². The Labute approximate surface area is 175 Å². The maximum Gasteiger partial charge on any atom is 0.451 e. The SMILES string of the molecule is Cn1c(SCC(=O)N2CCC[C@H]2c2ccc3c(c2)OCCCO3)nnc1C(F)(F)F. The van der Waals surface area contributed by atoms with Gasteiger partial charge < -0.3 is 18.9 Å². The molecule has 0 aliphatic carbocycles. The molecule has 7 nitrogen and oxygen atoms in total. The lowest BCUT2D eigenvalue weighted by Gasteiger charge is -2.25. The molecule has 1 aromatic heterocycles. The van der Waals surface area contributed by atoms with Crippen molar-refractivity contribution in [2.24, 2.45) is 7.05 Å². The highest BCUT2D eigenvalue weighted by Crippen LogP contribution is 2.38. The van der Waals surface area contributed by atoms with Gasteiger partial charge in [-0.3, -0.25) is 4.79 Å². The summed E-state index contributed by atoms with van der Waals surface area (Å²) in [6.07, 6.45) is -2.09. The zero-order chi connectivity index (χ0) is 21.3. The molecule has 0 N–H and O–H groups in total. The molecule has 1 atom stereocenters. The fraction of sp³-hybridized carbons (Fsp3) is 0.526. The number of aromatic nitrogens is 3. The fourth-order valence-electron chi connectivity index (χ4n) is 3.70. The van der Waals surface area contributed by atoms with Crippen molar-refractivity contribution < 1.29 is 27.4 Å². The average Bonchev–Trinajstić information content (AvgIpc) is 3.26. The topological polar surface area (TPSA) is 69.5 Å². The number of rotatable bonds is 4. The lowest BCUT2D eigenvalue weighted by atomic mass is 10.0. The Balaban J connectivity index is 1.44. The van der Waals surface area contributed by atoms with E-state index in [9.17, 15) is 18.0 Å². The van der Waals surface area contributed by atoms with Gasteiger partial charge in [-0.2, -0.15) is 13.2 Å². The lowest BCUT2D eigenvalue weighted by Crippen LogP contribution is -2.32. The van der Waals surface area contributed by atoms with Crippen LogP contribution in [0.15, 0.2) is 23.4 Å². The van der Waals surface area contributed by atoms with Gasteiger partial charge in [0.15, 0.2) is 16.7 Å². The Morgan fingerprint density at radius 1 is 1.20 bits per heavy atom. The molecule has 0 bridgehead atoms. The largest absolute Gasteiger partial charge is 0.490 e. The van der Waals surface area contributed by atoms with Crippen molar-refractivity contribution in [2.75, 3.05) is 25.5 Å². The molecular formula is C19H21F3N4O3S. The van der Waals surface area contributed by atoms with Crippen LogP contribution in [0.4, 0.5) is 13.2 Å². The first-order valence-electron chi connectivity index (χ1n) is 9.63. The van der Waals surface area contributed by atoms with Gasteiger partial charge in [-0.05, 0) is 30.5 Å². The van der Waals surface area contributed by atoms with Crippen molar-refractivity contribution in [3.63, 3.8) is 0 Å². The Bertz CT molecular complexity index is 934. The van der Waals surface area contributed by atoms with Crippen molar-refractivity contribution in [1.82, 2.24) is 19.7 Å². The number of carbonyl (C=O) groups excluding carboxylic acids is 1. The van der Waals surface area contributed by atoms with E-state index in [0.29, 0.717) is 31.3 Å². The third-order valence-corrected chi connectivity index (χ3v) is 6.15. The van der Waals surface area contributed by atoms with Crippen molar-refractivity contribution in [1.29, 1.82) is 0 Å². The van der Waals surface area contributed by atoms with E-state index in [-0.39, 0.29) is 22.9 Å². The van der Waals surface area contributed by atoms with Gasteiger partial charge in [0.25, 0.3) is 0 Å². The molecule has 2 aliphatic rings. The maximum absolute atomic E-state index is 12.9. The second kappa shape index (κ2) is 8.37. The van der Waals surface area contributed by atoms with E-state index >= 15 is 0 Å². The molecule has 1 aromatic carbocycles. The van der Waals surface area contributed by atoms with E-state index in [4.69, 9.17) is 9.47 Å². The molecular weight excluding hydrogens is 421 g/mol. The summed E-state index contributed by atoms with van der Waals surface area (Å²) in [5.41, 5.74) is 0.966. The molecule has 0 spiro atoms. The maximum atomic E-state index is 12.9. The zero-order valence-corrected chi connectivity index (χ0v) is 17.1. The molecule has 11 heteroatoms. The zero-order valence-electron chi connectivity index (χ0n) is 16.3. The molecule has 2 aromatic rings. The highest BCUT2D eigenvalue weighted by molar-refractivity contribution is 7.99. The molecule has 0 saturated carbocycles. The van der Waals surface area contributed by atoms with Crippen LogP contribution in [0, 0.1) is 0 Å². The van der Waals surface area contributed by atoms with Crippen LogP contribution < -0.4 is 9.47 Å². The molecule has 1 saturated heterocycles. The van der Waals surface area contributed by atoms with E-state index in [1.54, 1.807) is 4.90 Å². The van der Waals surface area contributed by atoms with Crippen LogP contribution in [0.1, 0.15) is 36.7 Å². The van der Waals surface area contributed by atoms with Gasteiger partial charge in [0, 0.05) is 20.0 Å². The second-order valence-electron chi connectivity index (χ2n) is 7.15. The van der Waals surface area contributed by atoms with Gasteiger partial charge in [0.1, 0.15) is 0 Å². The number of hydrogen-bond donors (Lipinski definition) is 0. The minimum atomic E-state index is -4.58. The van der Waals surface area contributed by atoms with Crippen LogP contribution in [-0.4, -0.2) is 51.1 Å². The van der Waals surface area contributed by atoms with Crippen molar-refractivity contribution in [2.45, 2.75) is 36.6 Å². The molecule has 1 amide bonds. The Morgan fingerprint density at radius 3 is 2.70 bits per heavy atom. The van der Waals surface area contributed by atoms with Crippen molar-refractivity contribution in [3.05, 3.63) is 29.6 Å². The summed E-state index contributed by atoms with van der Waals surface area (Å²) >= 11 is 0.955. The smallest absolute Gasteiger partial charge is 0.451 e. The number of likely N-dealkylation sites (tertiary alicyclic amines) is 1. The van der Waals surface area contributed by atoms with Gasteiger partial charge in [0.2, 0.25) is 11.7 Å². The molecule has 1 fully saturated rings. The van der Waals surface area contributed by atoms with Crippen molar-refractivity contribution in [3.8, 4) is 11.5 Å². The number of thioether (sulfide) groups is 1. The van der Waals surface area contributed by atoms with Crippen LogP contribution in [0.2, 0.25) is 0 Å². The predicted molar refractivity (Wildman–Crippen MR) is 102 cm³/mol. The molecule has 0 radical (unpaired) electrons. The monoisotopic (exact) mass is 442 g/mol. The van der Waals surface area contributed by atoms with Crippen LogP contribution in [0.3, 0.4) is 0 Å². The van der Waals surface area contributed by atoms with E-state index in [0.717, 1.165) is 41.2 Å². The quantitative estimate of drug-likeness (QED) is 0.676. The molecule has 4 rings (SSSR count). The van der Waals surface area contributed by atoms with E-state index in [1.165, 1.54) is 7.05 Å². The highest BCUT2D eigenvalue weighted by Gasteiger charge is 2.38. The summed E-state index contributed by atoms with van der Waals surface area (Å²) in [4.78, 5) is 14.6. The summed E-state index contributed by atoms with van der Waals surface area (Å²) < 4.78 is 50.9. The first kappa shape index (κ1) is 20.8. The Kier molecular flexibility index (Phi) is 5.81. The van der Waals surface area contributed by atoms with Gasteiger partial charge >= 0.3 is 6.18 Å². The summed E-state index contributed by atoms with van der Waals surface area (Å²) in [6.45, 7) is 1.79. The highest BCUT2D eigenvalue weighted by atomic mass is 32.2. The van der Waals surface area contributed by atoms with Crippen LogP contribution in [0.5, 0.6) is 11.5 Å². The summed E-state index contributed by atoms with van der Waals surface area (Å²) in [5, 5.41) is 6.82. The van der Waals surface area contributed by atoms with Gasteiger partial charge in [0.05, 0.1) is 25.0 Å². The summed E-state index contributed by atoms with van der Waals surface area (Å²) in [5.74, 6) is 0.142. The molecule has 162 valence electrons. The van der Waals surface area contributed by atoms with E-state index < -0.39 is 12.0 Å². The molecule has 2 aliphatic heterocycles. The van der Waals surface area contributed by atoms with Gasteiger partial charge in [-0.1, -0.05) is 17.8 Å².